The Hall–Kier alpha value is -3.68. The molecule has 38 heavy (non-hydrogen) atoms. The average molecular weight is 531 g/mol. The molecule has 1 atom stereocenters. The molecule has 1 aliphatic heterocycles. The molecule has 200 valence electrons. The van der Waals surface area contributed by atoms with E-state index in [4.69, 9.17) is 4.74 Å². The average Bonchev–Trinajstić information content (AvgIpc) is 2.90. The van der Waals surface area contributed by atoms with Gasteiger partial charge in [-0.05, 0) is 56.0 Å². The van der Waals surface area contributed by atoms with E-state index >= 15 is 0 Å². The highest BCUT2D eigenvalue weighted by atomic mass is 19.2. The lowest BCUT2D eigenvalue weighted by Gasteiger charge is -2.38. The van der Waals surface area contributed by atoms with Crippen LogP contribution in [-0.2, 0) is 4.79 Å². The first kappa shape index (κ1) is 27.4. The molecule has 0 saturated carbocycles. The Balaban J connectivity index is 1.41. The van der Waals surface area contributed by atoms with Gasteiger partial charge >= 0.3 is 5.97 Å². The maximum absolute atomic E-state index is 14.7. The number of ether oxygens (including phenoxy) is 1. The summed E-state index contributed by atoms with van der Waals surface area (Å²) < 4.78 is 59.7. The third-order valence-corrected chi connectivity index (χ3v) is 7.08. The van der Waals surface area contributed by atoms with Crippen molar-refractivity contribution >= 4 is 16.9 Å². The number of pyridine rings is 1. The number of halogens is 4. The van der Waals surface area contributed by atoms with E-state index in [9.17, 15) is 32.6 Å². The summed E-state index contributed by atoms with van der Waals surface area (Å²) in [5.74, 6) is -0.0171. The summed E-state index contributed by atoms with van der Waals surface area (Å²) >= 11 is 0. The number of piperidine rings is 1. The van der Waals surface area contributed by atoms with Gasteiger partial charge in [0.05, 0.1) is 36.9 Å². The Kier molecular flexibility index (Phi) is 8.19. The number of aromatic nitrogens is 1. The highest BCUT2D eigenvalue weighted by Crippen LogP contribution is 2.40. The predicted molar refractivity (Wildman–Crippen MR) is 131 cm³/mol. The van der Waals surface area contributed by atoms with Crippen LogP contribution in [0.3, 0.4) is 0 Å². The van der Waals surface area contributed by atoms with E-state index in [0.29, 0.717) is 29.7 Å². The fraction of sp³-hybridized carbons (Fsp3) is 0.357. The number of nitrogens with zero attached hydrogens (tertiary/aromatic N) is 2. The monoisotopic (exact) mass is 530 g/mol. The minimum atomic E-state index is -1.55. The van der Waals surface area contributed by atoms with Gasteiger partial charge in [0.2, 0.25) is 0 Å². The molecule has 2 N–H and O–H groups in total. The van der Waals surface area contributed by atoms with Crippen LogP contribution in [0, 0.1) is 40.5 Å². The molecule has 4 rings (SSSR count). The molecular weight excluding hydrogens is 504 g/mol. The van der Waals surface area contributed by atoms with Crippen molar-refractivity contribution in [1.29, 1.82) is 0 Å². The molecule has 0 aliphatic carbocycles. The predicted octanol–water partition coefficient (Wildman–Crippen LogP) is 4.83. The maximum Gasteiger partial charge on any atom is 0.309 e. The van der Waals surface area contributed by atoms with E-state index in [1.165, 1.54) is 7.11 Å². The van der Waals surface area contributed by atoms with Crippen LogP contribution in [0.5, 0.6) is 5.75 Å². The van der Waals surface area contributed by atoms with E-state index in [1.807, 2.05) is 4.90 Å². The van der Waals surface area contributed by atoms with Crippen LogP contribution in [0.25, 0.3) is 10.9 Å². The van der Waals surface area contributed by atoms with Crippen LogP contribution in [0.15, 0.2) is 36.5 Å². The fourth-order valence-corrected chi connectivity index (χ4v) is 4.78. The highest BCUT2D eigenvalue weighted by molar-refractivity contribution is 5.84. The van der Waals surface area contributed by atoms with Gasteiger partial charge in [-0.1, -0.05) is 11.8 Å². The SMILES string of the molecule is COc1ccc2ncc(F)c([C@H](O)CCC3(C(=O)O)CCN(CC#Cc4cc(F)c(F)c(F)c4)CC3)c2c1. The summed E-state index contributed by atoms with van der Waals surface area (Å²) in [6.45, 7) is 1.02. The minimum Gasteiger partial charge on any atom is -0.497 e. The summed E-state index contributed by atoms with van der Waals surface area (Å²) in [6.07, 6.45) is 0.512. The molecule has 0 unspecified atom stereocenters. The molecule has 1 aromatic heterocycles. The zero-order chi connectivity index (χ0) is 27.4. The van der Waals surface area contributed by atoms with Crippen LogP contribution in [0.2, 0.25) is 0 Å². The number of benzene rings is 2. The Labute approximate surface area is 216 Å². The number of rotatable bonds is 7. The standard InChI is InChI=1S/C28H26F4N2O4/c1-38-18-4-5-23-19(15-18)25(22(31)16-33-23)24(35)6-7-28(27(36)37)8-11-34(12-9-28)10-2-3-17-13-20(29)26(32)21(30)14-17/h4-5,13-16,24,35H,6-12H2,1H3,(H,36,37)/t24-/m1/s1. The first-order valence-corrected chi connectivity index (χ1v) is 12.0. The van der Waals surface area contributed by atoms with Crippen molar-refractivity contribution in [3.05, 3.63) is 70.9 Å². The van der Waals surface area contributed by atoms with E-state index in [2.05, 4.69) is 16.8 Å². The van der Waals surface area contributed by atoms with Gasteiger partial charge in [0.15, 0.2) is 17.5 Å². The van der Waals surface area contributed by atoms with Gasteiger partial charge in [0.25, 0.3) is 0 Å². The van der Waals surface area contributed by atoms with E-state index < -0.39 is 40.8 Å². The largest absolute Gasteiger partial charge is 0.497 e. The van der Waals surface area contributed by atoms with Crippen molar-refractivity contribution in [2.24, 2.45) is 5.41 Å². The lowest BCUT2D eigenvalue weighted by Crippen LogP contribution is -2.44. The van der Waals surface area contributed by atoms with Crippen LogP contribution < -0.4 is 4.74 Å². The van der Waals surface area contributed by atoms with Crippen molar-refractivity contribution < 1.29 is 37.3 Å². The summed E-state index contributed by atoms with van der Waals surface area (Å²) in [6, 6.07) is 6.55. The Bertz CT molecular complexity index is 1390. The maximum atomic E-state index is 14.7. The summed E-state index contributed by atoms with van der Waals surface area (Å²) in [5, 5.41) is 21.3. The van der Waals surface area contributed by atoms with Crippen molar-refractivity contribution in [1.82, 2.24) is 9.88 Å². The minimum absolute atomic E-state index is 0.000711. The number of aliphatic carboxylic acids is 1. The van der Waals surface area contributed by atoms with Gasteiger partial charge in [-0.15, -0.1) is 0 Å². The zero-order valence-electron chi connectivity index (χ0n) is 20.6. The molecule has 0 radical (unpaired) electrons. The van der Waals surface area contributed by atoms with Gasteiger partial charge < -0.3 is 14.9 Å². The first-order valence-electron chi connectivity index (χ1n) is 12.0. The second-order valence-corrected chi connectivity index (χ2v) is 9.37. The van der Waals surface area contributed by atoms with Crippen molar-refractivity contribution in [2.45, 2.75) is 31.8 Å². The molecule has 6 nitrogen and oxygen atoms in total. The van der Waals surface area contributed by atoms with Crippen LogP contribution in [0.4, 0.5) is 17.6 Å². The van der Waals surface area contributed by atoms with Crippen LogP contribution in [0.1, 0.15) is 42.9 Å². The summed E-state index contributed by atoms with van der Waals surface area (Å²) in [5.41, 5.74) is -0.572. The second kappa shape index (κ2) is 11.4. The number of aliphatic hydroxyl groups is 1. The van der Waals surface area contributed by atoms with Crippen molar-refractivity contribution in [2.75, 3.05) is 26.7 Å². The summed E-state index contributed by atoms with van der Waals surface area (Å²) in [4.78, 5) is 18.2. The number of carbonyl (C=O) groups is 1. The lowest BCUT2D eigenvalue weighted by molar-refractivity contribution is -0.153. The van der Waals surface area contributed by atoms with E-state index in [0.717, 1.165) is 18.3 Å². The van der Waals surface area contributed by atoms with E-state index in [1.54, 1.807) is 18.2 Å². The zero-order valence-corrected chi connectivity index (χ0v) is 20.6. The molecule has 2 heterocycles. The number of carboxylic acids is 1. The van der Waals surface area contributed by atoms with E-state index in [-0.39, 0.29) is 43.4 Å². The Morgan fingerprint density at radius 3 is 2.45 bits per heavy atom. The highest BCUT2D eigenvalue weighted by Gasteiger charge is 2.41. The normalized spacial score (nSPS) is 16.1. The number of hydrogen-bond acceptors (Lipinski definition) is 5. The molecule has 2 aromatic carbocycles. The van der Waals surface area contributed by atoms with Crippen molar-refractivity contribution in [3.8, 4) is 17.6 Å². The third-order valence-electron chi connectivity index (χ3n) is 7.08. The molecule has 1 fully saturated rings. The molecule has 10 heteroatoms. The number of likely N-dealkylation sites (tertiary alicyclic amines) is 1. The second-order valence-electron chi connectivity index (χ2n) is 9.37. The number of hydrogen-bond donors (Lipinski definition) is 2. The van der Waals surface area contributed by atoms with Gasteiger partial charge in [0, 0.05) is 29.6 Å². The number of aliphatic hydroxyl groups excluding tert-OH is 1. The third kappa shape index (κ3) is 5.74. The Morgan fingerprint density at radius 1 is 1.13 bits per heavy atom. The van der Waals surface area contributed by atoms with Gasteiger partial charge in [-0.2, -0.15) is 0 Å². The smallest absolute Gasteiger partial charge is 0.309 e. The molecule has 0 spiro atoms. The van der Waals surface area contributed by atoms with Crippen LogP contribution in [-0.4, -0.2) is 52.8 Å². The molecule has 0 bridgehead atoms. The topological polar surface area (TPSA) is 82.9 Å². The number of methoxy groups -OCH3 is 1. The Morgan fingerprint density at radius 2 is 1.82 bits per heavy atom. The number of fused-ring (bicyclic) bond motifs is 1. The quantitative estimate of drug-likeness (QED) is 0.259. The fourth-order valence-electron chi connectivity index (χ4n) is 4.78. The molecule has 1 aliphatic rings. The van der Waals surface area contributed by atoms with Crippen LogP contribution >= 0.6 is 0 Å². The van der Waals surface area contributed by atoms with Gasteiger partial charge in [-0.3, -0.25) is 14.7 Å². The van der Waals surface area contributed by atoms with Gasteiger partial charge in [-0.25, -0.2) is 17.6 Å². The lowest BCUT2D eigenvalue weighted by atomic mass is 9.74. The summed E-state index contributed by atoms with van der Waals surface area (Å²) in [7, 11) is 1.47. The number of carboxylic acid groups (broad SMARTS) is 1. The first-order chi connectivity index (χ1) is 18.1. The van der Waals surface area contributed by atoms with Crippen molar-refractivity contribution in [3.63, 3.8) is 0 Å². The molecule has 0 amide bonds. The molecule has 1 saturated heterocycles. The molecule has 3 aromatic rings. The molecular formula is C28H26F4N2O4. The van der Waals surface area contributed by atoms with Gasteiger partial charge in [0.1, 0.15) is 11.6 Å².